The number of nitrogens with zero attached hydrogens (tertiary/aromatic N) is 1. The van der Waals surface area contributed by atoms with Gasteiger partial charge in [0, 0.05) is 17.6 Å². The van der Waals surface area contributed by atoms with Crippen LogP contribution in [0.4, 0.5) is 5.69 Å². The van der Waals surface area contributed by atoms with E-state index >= 15 is 0 Å². The molecule has 1 heterocycles. The fourth-order valence-corrected chi connectivity index (χ4v) is 1.03. The van der Waals surface area contributed by atoms with Gasteiger partial charge in [-0.25, -0.2) is 0 Å². The van der Waals surface area contributed by atoms with Gasteiger partial charge < -0.3 is 10.7 Å². The van der Waals surface area contributed by atoms with Crippen molar-refractivity contribution in [2.24, 2.45) is 0 Å². The van der Waals surface area contributed by atoms with E-state index < -0.39 is 0 Å². The molecule has 0 atom stereocenters. The van der Waals surface area contributed by atoms with Crippen LogP contribution in [-0.4, -0.2) is 10.7 Å². The van der Waals surface area contributed by atoms with E-state index in [1.807, 2.05) is 19.1 Å². The Bertz CT molecular complexity index is 314. The zero-order valence-corrected chi connectivity index (χ0v) is 7.83. The molecule has 0 fully saturated rings. The third-order valence-corrected chi connectivity index (χ3v) is 1.44. The van der Waals surface area contributed by atoms with Gasteiger partial charge in [0.1, 0.15) is 0 Å². The molecule has 0 aliphatic heterocycles. The minimum Gasteiger partial charge on any atom is -0.358 e. The van der Waals surface area contributed by atoms with Gasteiger partial charge in [0.2, 0.25) is 0 Å². The van der Waals surface area contributed by atoms with Crippen LogP contribution in [0.3, 0.4) is 0 Å². The summed E-state index contributed by atoms with van der Waals surface area (Å²) < 4.78 is 0. The quantitative estimate of drug-likeness (QED) is 0.693. The SMILES string of the molecule is CC(=N)/C=C(/C)Nc1cccnc1. The summed E-state index contributed by atoms with van der Waals surface area (Å²) in [5, 5.41) is 10.4. The van der Waals surface area contributed by atoms with E-state index in [9.17, 15) is 0 Å². The number of aromatic nitrogens is 1. The highest BCUT2D eigenvalue weighted by molar-refractivity contribution is 5.90. The Morgan fingerprint density at radius 2 is 2.31 bits per heavy atom. The summed E-state index contributed by atoms with van der Waals surface area (Å²) in [6.45, 7) is 3.67. The van der Waals surface area contributed by atoms with Gasteiger partial charge in [-0.1, -0.05) is 0 Å². The van der Waals surface area contributed by atoms with Gasteiger partial charge in [-0.3, -0.25) is 4.98 Å². The Labute approximate surface area is 78.0 Å². The fraction of sp³-hybridized carbons (Fsp3) is 0.200. The molecule has 0 bridgehead atoms. The van der Waals surface area contributed by atoms with Crippen LogP contribution in [0.1, 0.15) is 13.8 Å². The lowest BCUT2D eigenvalue weighted by molar-refractivity contribution is 1.29. The van der Waals surface area contributed by atoms with E-state index in [1.54, 1.807) is 25.4 Å². The smallest absolute Gasteiger partial charge is 0.0568 e. The Morgan fingerprint density at radius 1 is 1.54 bits per heavy atom. The molecule has 2 N–H and O–H groups in total. The molecule has 1 rings (SSSR count). The molecular weight excluding hydrogens is 162 g/mol. The predicted octanol–water partition coefficient (Wildman–Crippen LogP) is 2.44. The Balaban J connectivity index is 2.65. The number of allylic oxidation sites excluding steroid dienone is 2. The molecule has 3 nitrogen and oxygen atoms in total. The van der Waals surface area contributed by atoms with Crippen molar-refractivity contribution in [2.75, 3.05) is 5.32 Å². The van der Waals surface area contributed by atoms with Crippen molar-refractivity contribution < 1.29 is 0 Å². The van der Waals surface area contributed by atoms with E-state index in [0.29, 0.717) is 5.71 Å². The average molecular weight is 175 g/mol. The number of rotatable bonds is 3. The molecule has 0 aliphatic rings. The highest BCUT2D eigenvalue weighted by Crippen LogP contribution is 2.06. The van der Waals surface area contributed by atoms with Gasteiger partial charge in [0.25, 0.3) is 0 Å². The summed E-state index contributed by atoms with van der Waals surface area (Å²) in [5.74, 6) is 0. The Morgan fingerprint density at radius 3 is 2.85 bits per heavy atom. The van der Waals surface area contributed by atoms with Crippen LogP contribution in [0.5, 0.6) is 0 Å². The van der Waals surface area contributed by atoms with Gasteiger partial charge in [0.05, 0.1) is 11.9 Å². The van der Waals surface area contributed by atoms with Crippen molar-refractivity contribution in [3.05, 3.63) is 36.3 Å². The van der Waals surface area contributed by atoms with Crippen LogP contribution in [0.15, 0.2) is 36.3 Å². The summed E-state index contributed by atoms with van der Waals surface area (Å²) >= 11 is 0. The first-order chi connectivity index (χ1) is 6.18. The lowest BCUT2D eigenvalue weighted by atomic mass is 10.3. The van der Waals surface area contributed by atoms with E-state index in [-0.39, 0.29) is 0 Å². The highest BCUT2D eigenvalue weighted by atomic mass is 14.9. The normalized spacial score (nSPS) is 11.1. The second-order valence-electron chi connectivity index (χ2n) is 2.88. The first-order valence-electron chi connectivity index (χ1n) is 4.09. The third-order valence-electron chi connectivity index (χ3n) is 1.44. The standard InChI is InChI=1S/C10H13N3/c1-8(11)6-9(2)13-10-4-3-5-12-7-10/h3-7,11,13H,1-2H3/b9-6-,11-8?. The molecule has 3 heteroatoms. The molecule has 1 aromatic rings. The van der Waals surface area contributed by atoms with Crippen molar-refractivity contribution in [3.63, 3.8) is 0 Å². The predicted molar refractivity (Wildman–Crippen MR) is 55.0 cm³/mol. The van der Waals surface area contributed by atoms with Gasteiger partial charge in [-0.2, -0.15) is 0 Å². The van der Waals surface area contributed by atoms with Crippen LogP contribution in [0.25, 0.3) is 0 Å². The number of nitrogens with one attached hydrogen (secondary N) is 2. The van der Waals surface area contributed by atoms with Crippen LogP contribution in [0.2, 0.25) is 0 Å². The zero-order valence-electron chi connectivity index (χ0n) is 7.83. The second-order valence-corrected chi connectivity index (χ2v) is 2.88. The van der Waals surface area contributed by atoms with E-state index in [0.717, 1.165) is 11.4 Å². The molecule has 0 radical (unpaired) electrons. The molecule has 0 aliphatic carbocycles. The fourth-order valence-electron chi connectivity index (χ4n) is 1.03. The third kappa shape index (κ3) is 3.51. The van der Waals surface area contributed by atoms with Crippen LogP contribution in [0, 0.1) is 5.41 Å². The molecule has 0 aromatic carbocycles. The first-order valence-corrected chi connectivity index (χ1v) is 4.09. The van der Waals surface area contributed by atoms with Gasteiger partial charge in [-0.05, 0) is 32.1 Å². The maximum atomic E-state index is 7.26. The second kappa shape index (κ2) is 4.40. The number of hydrogen-bond donors (Lipinski definition) is 2. The van der Waals surface area contributed by atoms with E-state index in [1.165, 1.54) is 0 Å². The number of hydrogen-bond acceptors (Lipinski definition) is 3. The Hall–Kier alpha value is -1.64. The number of anilines is 1. The van der Waals surface area contributed by atoms with Crippen LogP contribution < -0.4 is 5.32 Å². The monoisotopic (exact) mass is 175 g/mol. The molecule has 0 saturated heterocycles. The Kier molecular flexibility index (Phi) is 3.20. The van der Waals surface area contributed by atoms with Gasteiger partial charge >= 0.3 is 0 Å². The molecule has 68 valence electrons. The molecule has 1 aromatic heterocycles. The molecule has 0 spiro atoms. The zero-order chi connectivity index (χ0) is 9.68. The van der Waals surface area contributed by atoms with Crippen molar-refractivity contribution in [2.45, 2.75) is 13.8 Å². The minimum absolute atomic E-state index is 0.536. The lowest BCUT2D eigenvalue weighted by Gasteiger charge is -2.04. The van der Waals surface area contributed by atoms with Crippen molar-refractivity contribution in [3.8, 4) is 0 Å². The maximum Gasteiger partial charge on any atom is 0.0568 e. The first kappa shape index (κ1) is 9.45. The molecule has 0 saturated carbocycles. The molecule has 0 unspecified atom stereocenters. The molecule has 0 amide bonds. The van der Waals surface area contributed by atoms with Gasteiger partial charge in [-0.15, -0.1) is 0 Å². The molecule has 13 heavy (non-hydrogen) atoms. The van der Waals surface area contributed by atoms with Gasteiger partial charge in [0.15, 0.2) is 0 Å². The summed E-state index contributed by atoms with van der Waals surface area (Å²) in [4.78, 5) is 3.97. The van der Waals surface area contributed by atoms with Crippen LogP contribution >= 0.6 is 0 Å². The van der Waals surface area contributed by atoms with Crippen molar-refractivity contribution in [1.82, 2.24) is 4.98 Å². The lowest BCUT2D eigenvalue weighted by Crippen LogP contribution is -1.97. The number of pyridine rings is 1. The highest BCUT2D eigenvalue weighted by Gasteiger charge is 1.91. The summed E-state index contributed by atoms with van der Waals surface area (Å²) in [6, 6.07) is 3.80. The summed E-state index contributed by atoms with van der Waals surface area (Å²) in [6.07, 6.45) is 5.25. The maximum absolute atomic E-state index is 7.26. The molecular formula is C10H13N3. The topological polar surface area (TPSA) is 48.8 Å². The van der Waals surface area contributed by atoms with Crippen molar-refractivity contribution >= 4 is 11.4 Å². The van der Waals surface area contributed by atoms with E-state index in [4.69, 9.17) is 5.41 Å². The summed E-state index contributed by atoms with van der Waals surface area (Å²) in [7, 11) is 0. The van der Waals surface area contributed by atoms with Crippen molar-refractivity contribution in [1.29, 1.82) is 5.41 Å². The minimum atomic E-state index is 0.536. The summed E-state index contributed by atoms with van der Waals surface area (Å²) in [5.41, 5.74) is 2.42. The van der Waals surface area contributed by atoms with Crippen LogP contribution in [-0.2, 0) is 0 Å². The van der Waals surface area contributed by atoms with E-state index in [2.05, 4.69) is 10.3 Å². The average Bonchev–Trinajstić information content (AvgIpc) is 2.04. The largest absolute Gasteiger partial charge is 0.358 e.